The fourth-order valence-electron chi connectivity index (χ4n) is 3.25. The van der Waals surface area contributed by atoms with E-state index in [-0.39, 0.29) is 11.7 Å². The topological polar surface area (TPSA) is 29.5 Å². The minimum absolute atomic E-state index is 0.0295. The Bertz CT molecular complexity index is 1170. The third kappa shape index (κ3) is 4.15. The van der Waals surface area contributed by atoms with E-state index >= 15 is 0 Å². The van der Waals surface area contributed by atoms with E-state index in [1.54, 1.807) is 31.2 Å². The molecule has 5 heteroatoms. The van der Waals surface area contributed by atoms with Crippen molar-refractivity contribution in [3.8, 4) is 16.2 Å². The van der Waals surface area contributed by atoms with E-state index in [4.69, 9.17) is 4.74 Å². The van der Waals surface area contributed by atoms with E-state index < -0.39 is 0 Å². The zero-order valence-corrected chi connectivity index (χ0v) is 17.0. The molecule has 29 heavy (non-hydrogen) atoms. The van der Waals surface area contributed by atoms with Crippen molar-refractivity contribution < 1.29 is 13.9 Å². The molecule has 1 aromatic heterocycles. The van der Waals surface area contributed by atoms with E-state index in [9.17, 15) is 9.18 Å². The molecule has 0 saturated carbocycles. The van der Waals surface area contributed by atoms with Crippen LogP contribution in [0.2, 0.25) is 0 Å². The van der Waals surface area contributed by atoms with Crippen LogP contribution in [0.4, 0.5) is 4.39 Å². The maximum atomic E-state index is 13.1. The van der Waals surface area contributed by atoms with Crippen molar-refractivity contribution >= 4 is 28.0 Å². The molecule has 0 bridgehead atoms. The number of fused-ring (bicyclic) bond motifs is 1. The molecule has 0 fully saturated rings. The van der Waals surface area contributed by atoms with Gasteiger partial charge in [-0.05, 0) is 64.4 Å². The first-order valence-corrected chi connectivity index (χ1v) is 10.0. The summed E-state index contributed by atoms with van der Waals surface area (Å²) in [5.41, 5.74) is 1.97. The van der Waals surface area contributed by atoms with E-state index in [1.807, 2.05) is 42.5 Å². The normalized spacial score (nSPS) is 10.9. The number of carbonyl (C=O) groups is 1. The smallest absolute Gasteiger partial charge is 0.263 e. The summed E-state index contributed by atoms with van der Waals surface area (Å²) in [7, 11) is 3.46. The highest BCUT2D eigenvalue weighted by Crippen LogP contribution is 2.29. The number of hydrogen-bond acceptors (Lipinski definition) is 3. The van der Waals surface area contributed by atoms with Gasteiger partial charge in [0.05, 0.1) is 12.0 Å². The maximum Gasteiger partial charge on any atom is 0.263 e. The van der Waals surface area contributed by atoms with Crippen LogP contribution in [0.5, 0.6) is 5.75 Å². The quantitative estimate of drug-likeness (QED) is 0.408. The molecule has 3 nitrogen and oxygen atoms in total. The van der Waals surface area contributed by atoms with Crippen molar-refractivity contribution in [2.75, 3.05) is 14.2 Å². The summed E-state index contributed by atoms with van der Waals surface area (Å²) in [5.74, 6) is 0.528. The van der Waals surface area contributed by atoms with Crippen LogP contribution in [0.1, 0.15) is 15.2 Å². The molecule has 0 aliphatic carbocycles. The second kappa shape index (κ2) is 8.05. The molecule has 0 saturated heterocycles. The van der Waals surface area contributed by atoms with Gasteiger partial charge in [-0.1, -0.05) is 30.3 Å². The number of rotatable bonds is 5. The zero-order valence-electron chi connectivity index (χ0n) is 16.2. The monoisotopic (exact) mass is 405 g/mol. The number of thiophene rings is 1. The Morgan fingerprint density at radius 1 is 0.966 bits per heavy atom. The van der Waals surface area contributed by atoms with Crippen LogP contribution in [-0.4, -0.2) is 25.0 Å². The van der Waals surface area contributed by atoms with E-state index in [2.05, 4.69) is 6.07 Å². The molecule has 0 radical (unpaired) electrons. The van der Waals surface area contributed by atoms with Crippen molar-refractivity contribution in [1.82, 2.24) is 4.90 Å². The van der Waals surface area contributed by atoms with Gasteiger partial charge in [0.1, 0.15) is 11.6 Å². The molecule has 0 N–H and O–H groups in total. The van der Waals surface area contributed by atoms with Gasteiger partial charge in [0, 0.05) is 18.5 Å². The van der Waals surface area contributed by atoms with Gasteiger partial charge in [-0.3, -0.25) is 4.79 Å². The van der Waals surface area contributed by atoms with Gasteiger partial charge in [-0.25, -0.2) is 4.39 Å². The molecule has 4 rings (SSSR count). The van der Waals surface area contributed by atoms with Crippen LogP contribution in [-0.2, 0) is 6.54 Å². The van der Waals surface area contributed by atoms with Crippen LogP contribution < -0.4 is 4.74 Å². The third-order valence-corrected chi connectivity index (χ3v) is 5.95. The Kier molecular flexibility index (Phi) is 5.32. The summed E-state index contributed by atoms with van der Waals surface area (Å²) in [6.07, 6.45) is 0. The molecule has 4 aromatic rings. The highest BCUT2D eigenvalue weighted by atomic mass is 32.1. The average molecular weight is 405 g/mol. The lowest BCUT2D eigenvalue weighted by molar-refractivity contribution is 0.0790. The van der Waals surface area contributed by atoms with Crippen molar-refractivity contribution in [3.05, 3.63) is 89.1 Å². The van der Waals surface area contributed by atoms with Crippen molar-refractivity contribution in [2.45, 2.75) is 6.54 Å². The average Bonchev–Trinajstić information content (AvgIpc) is 3.23. The second-order valence-corrected chi connectivity index (χ2v) is 7.96. The fraction of sp³-hybridized carbons (Fsp3) is 0.125. The number of benzene rings is 3. The molecule has 146 valence electrons. The first-order valence-electron chi connectivity index (χ1n) is 9.21. The molecule has 0 spiro atoms. The Labute approximate surface area is 173 Å². The highest BCUT2D eigenvalue weighted by Gasteiger charge is 2.15. The van der Waals surface area contributed by atoms with E-state index in [0.29, 0.717) is 11.4 Å². The lowest BCUT2D eigenvalue weighted by Gasteiger charge is -2.17. The number of ether oxygens (including phenoxy) is 1. The summed E-state index contributed by atoms with van der Waals surface area (Å²) >= 11 is 1.42. The first-order chi connectivity index (χ1) is 14.0. The largest absolute Gasteiger partial charge is 0.497 e. The Morgan fingerprint density at radius 2 is 1.69 bits per heavy atom. The number of carbonyl (C=O) groups excluding carboxylic acids is 1. The molecule has 0 aliphatic heterocycles. The lowest BCUT2D eigenvalue weighted by atomic mass is 10.1. The fourth-order valence-corrected chi connectivity index (χ4v) is 4.26. The van der Waals surface area contributed by atoms with Gasteiger partial charge in [-0.2, -0.15) is 0 Å². The zero-order chi connectivity index (χ0) is 20.4. The number of methoxy groups -OCH3 is 1. The molecule has 0 atom stereocenters. The lowest BCUT2D eigenvalue weighted by Crippen LogP contribution is -2.25. The Morgan fingerprint density at radius 3 is 2.45 bits per heavy atom. The van der Waals surface area contributed by atoms with Crippen molar-refractivity contribution in [1.29, 1.82) is 0 Å². The summed E-state index contributed by atoms with van der Waals surface area (Å²) in [4.78, 5) is 16.2. The SMILES string of the molecule is COc1ccc2cc(CN(C)C(=O)c3ccc(-c4ccc(F)cc4)s3)ccc2c1. The summed E-state index contributed by atoms with van der Waals surface area (Å²) < 4.78 is 18.4. The predicted octanol–water partition coefficient (Wildman–Crippen LogP) is 5.99. The Hall–Kier alpha value is -3.18. The standard InChI is InChI=1S/C24H20FNO2S/c1-26(15-16-3-4-19-14-21(28-2)10-7-18(19)13-16)24(27)23-12-11-22(29-23)17-5-8-20(25)9-6-17/h3-14H,15H2,1-2H3. The van der Waals surface area contributed by atoms with Crippen LogP contribution in [0.15, 0.2) is 72.8 Å². The molecule has 3 aromatic carbocycles. The minimum Gasteiger partial charge on any atom is -0.497 e. The predicted molar refractivity (Wildman–Crippen MR) is 116 cm³/mol. The molecular weight excluding hydrogens is 385 g/mol. The number of nitrogens with zero attached hydrogens (tertiary/aromatic N) is 1. The van der Waals surface area contributed by atoms with E-state index in [0.717, 1.165) is 32.5 Å². The van der Waals surface area contributed by atoms with Crippen LogP contribution >= 0.6 is 11.3 Å². The number of amides is 1. The van der Waals surface area contributed by atoms with Gasteiger partial charge in [0.15, 0.2) is 0 Å². The van der Waals surface area contributed by atoms with Crippen LogP contribution in [0, 0.1) is 5.82 Å². The summed E-state index contributed by atoms with van der Waals surface area (Å²) in [6.45, 7) is 0.518. The van der Waals surface area contributed by atoms with Crippen molar-refractivity contribution in [2.24, 2.45) is 0 Å². The number of hydrogen-bond donors (Lipinski definition) is 0. The van der Waals surface area contributed by atoms with Gasteiger partial charge >= 0.3 is 0 Å². The van der Waals surface area contributed by atoms with Gasteiger partial charge in [0.25, 0.3) is 5.91 Å². The maximum absolute atomic E-state index is 13.1. The van der Waals surface area contributed by atoms with Crippen LogP contribution in [0.3, 0.4) is 0 Å². The summed E-state index contributed by atoms with van der Waals surface area (Å²) in [6, 6.07) is 22.2. The molecule has 0 aliphatic rings. The number of halogens is 1. The van der Waals surface area contributed by atoms with Crippen molar-refractivity contribution in [3.63, 3.8) is 0 Å². The minimum atomic E-state index is -0.268. The summed E-state index contributed by atoms with van der Waals surface area (Å²) in [5, 5.41) is 2.21. The van der Waals surface area contributed by atoms with Crippen LogP contribution in [0.25, 0.3) is 21.2 Å². The second-order valence-electron chi connectivity index (χ2n) is 6.88. The molecule has 1 heterocycles. The highest BCUT2D eigenvalue weighted by molar-refractivity contribution is 7.17. The Balaban J connectivity index is 1.49. The van der Waals surface area contributed by atoms with Gasteiger partial charge in [-0.15, -0.1) is 11.3 Å². The van der Waals surface area contributed by atoms with Gasteiger partial charge in [0.2, 0.25) is 0 Å². The molecule has 1 amide bonds. The van der Waals surface area contributed by atoms with Gasteiger partial charge < -0.3 is 9.64 Å². The first kappa shape index (κ1) is 19.2. The molecule has 0 unspecified atom stereocenters. The molecular formula is C24H20FNO2S. The van der Waals surface area contributed by atoms with E-state index in [1.165, 1.54) is 23.5 Å². The third-order valence-electron chi connectivity index (χ3n) is 4.82.